The highest BCUT2D eigenvalue weighted by Crippen LogP contribution is 2.19. The Balaban J connectivity index is 2.13. The number of H-pyrrole nitrogens is 1. The summed E-state index contributed by atoms with van der Waals surface area (Å²) >= 11 is 4.07. The molecular formula is C23H34N6O6S. The SMILES string of the molecule is NCCCCC(NC(=O)C(CS)NC(=O)C(N)CO)C(=O)NC(Cc1c[nH]c2ccccc12)C(=O)O. The molecular weight excluding hydrogens is 488 g/mol. The highest BCUT2D eigenvalue weighted by atomic mass is 32.1. The third-order valence-corrected chi connectivity index (χ3v) is 6.01. The summed E-state index contributed by atoms with van der Waals surface area (Å²) in [5, 5.41) is 27.1. The number of aromatic nitrogens is 1. The Bertz CT molecular complexity index is 1050. The summed E-state index contributed by atoms with van der Waals surface area (Å²) in [6, 6.07) is 2.75. The number of hydrogen-bond acceptors (Lipinski definition) is 8. The number of thiol groups is 1. The molecule has 4 atom stereocenters. The van der Waals surface area contributed by atoms with E-state index in [9.17, 15) is 24.3 Å². The van der Waals surface area contributed by atoms with Gasteiger partial charge in [0.25, 0.3) is 0 Å². The molecule has 1 aromatic carbocycles. The Kier molecular flexibility index (Phi) is 11.7. The molecule has 10 N–H and O–H groups in total. The van der Waals surface area contributed by atoms with Gasteiger partial charge in [0.2, 0.25) is 17.7 Å². The third kappa shape index (κ3) is 8.22. The van der Waals surface area contributed by atoms with Crippen LogP contribution in [0.2, 0.25) is 0 Å². The van der Waals surface area contributed by atoms with Crippen molar-refractivity contribution in [3.05, 3.63) is 36.0 Å². The number of amides is 3. The van der Waals surface area contributed by atoms with E-state index in [1.165, 1.54) is 0 Å². The van der Waals surface area contributed by atoms with Crippen molar-refractivity contribution in [1.82, 2.24) is 20.9 Å². The Labute approximate surface area is 214 Å². The number of carbonyl (C=O) groups is 4. The summed E-state index contributed by atoms with van der Waals surface area (Å²) in [6.45, 7) is -0.223. The first-order valence-electron chi connectivity index (χ1n) is 11.6. The van der Waals surface area contributed by atoms with Crippen LogP contribution in [0.15, 0.2) is 30.5 Å². The summed E-state index contributed by atoms with van der Waals surface area (Å²) in [4.78, 5) is 52.9. The van der Waals surface area contributed by atoms with Gasteiger partial charge in [0.05, 0.1) is 6.61 Å². The quantitative estimate of drug-likeness (QED) is 0.100. The molecule has 0 bridgehead atoms. The van der Waals surface area contributed by atoms with Crippen molar-refractivity contribution >= 4 is 47.2 Å². The fraction of sp³-hybridized carbons (Fsp3) is 0.478. The minimum absolute atomic E-state index is 0.0307. The van der Waals surface area contributed by atoms with Crippen LogP contribution in [0.3, 0.4) is 0 Å². The van der Waals surface area contributed by atoms with Crippen molar-refractivity contribution in [2.24, 2.45) is 11.5 Å². The molecule has 1 aromatic heterocycles. The van der Waals surface area contributed by atoms with Gasteiger partial charge in [-0.3, -0.25) is 14.4 Å². The lowest BCUT2D eigenvalue weighted by molar-refractivity contribution is -0.142. The van der Waals surface area contributed by atoms with Crippen LogP contribution < -0.4 is 27.4 Å². The molecule has 0 aliphatic carbocycles. The van der Waals surface area contributed by atoms with Crippen molar-refractivity contribution in [3.63, 3.8) is 0 Å². The van der Waals surface area contributed by atoms with Crippen molar-refractivity contribution in [2.45, 2.75) is 49.9 Å². The Morgan fingerprint density at radius 1 is 0.972 bits per heavy atom. The number of carboxylic acids is 1. The van der Waals surface area contributed by atoms with Crippen LogP contribution in [0.1, 0.15) is 24.8 Å². The summed E-state index contributed by atoms with van der Waals surface area (Å²) in [5.74, 6) is -3.44. The highest BCUT2D eigenvalue weighted by Gasteiger charge is 2.30. The lowest BCUT2D eigenvalue weighted by atomic mass is 10.0. The molecule has 0 fully saturated rings. The van der Waals surface area contributed by atoms with Crippen molar-refractivity contribution in [3.8, 4) is 0 Å². The number of benzene rings is 1. The Morgan fingerprint density at radius 3 is 2.25 bits per heavy atom. The van der Waals surface area contributed by atoms with Crippen molar-refractivity contribution in [2.75, 3.05) is 18.9 Å². The molecule has 0 radical (unpaired) electrons. The van der Waals surface area contributed by atoms with Gasteiger partial charge >= 0.3 is 5.97 Å². The van der Waals surface area contributed by atoms with E-state index in [0.717, 1.165) is 16.5 Å². The number of para-hydroxylation sites is 1. The van der Waals surface area contributed by atoms with Crippen LogP contribution in [0, 0.1) is 0 Å². The van der Waals surface area contributed by atoms with Gasteiger partial charge in [-0.05, 0) is 37.4 Å². The molecule has 13 heteroatoms. The summed E-state index contributed by atoms with van der Waals surface area (Å²) in [6.07, 6.45) is 3.03. The number of aliphatic carboxylic acids is 1. The number of carbonyl (C=O) groups excluding carboxylic acids is 3. The number of carboxylic acid groups (broad SMARTS) is 1. The highest BCUT2D eigenvalue weighted by molar-refractivity contribution is 7.80. The average molecular weight is 523 g/mol. The Morgan fingerprint density at radius 2 is 1.61 bits per heavy atom. The standard InChI is InChI=1S/C23H34N6O6S/c24-8-4-3-7-17(27-22(33)19(12-36)29-20(31)15(25)11-30)21(32)28-18(23(34)35)9-13-10-26-16-6-2-1-5-14(13)16/h1-2,5-6,10,15,17-19,26,30,36H,3-4,7-9,11-12,24-25H2,(H,27,33)(H,28,32)(H,29,31)(H,34,35). The number of aliphatic hydroxyl groups excluding tert-OH is 1. The van der Waals surface area contributed by atoms with E-state index < -0.39 is 54.5 Å². The van der Waals surface area contributed by atoms with E-state index in [2.05, 4.69) is 33.6 Å². The molecule has 0 saturated heterocycles. The number of fused-ring (bicyclic) bond motifs is 1. The Hall–Kier alpha value is -3.13. The van der Waals surface area contributed by atoms with Gasteiger partial charge in [-0.2, -0.15) is 12.6 Å². The third-order valence-electron chi connectivity index (χ3n) is 5.64. The van der Waals surface area contributed by atoms with E-state index in [1.807, 2.05) is 24.3 Å². The summed E-state index contributed by atoms with van der Waals surface area (Å²) in [5.41, 5.74) is 12.6. The zero-order chi connectivity index (χ0) is 26.7. The second-order valence-electron chi connectivity index (χ2n) is 8.34. The molecule has 2 rings (SSSR count). The summed E-state index contributed by atoms with van der Waals surface area (Å²) in [7, 11) is 0. The number of rotatable bonds is 15. The molecule has 1 heterocycles. The van der Waals surface area contributed by atoms with E-state index >= 15 is 0 Å². The maximum absolute atomic E-state index is 13.1. The smallest absolute Gasteiger partial charge is 0.326 e. The maximum atomic E-state index is 13.1. The number of nitrogens with two attached hydrogens (primary N) is 2. The zero-order valence-electron chi connectivity index (χ0n) is 19.8. The predicted octanol–water partition coefficient (Wildman–Crippen LogP) is -1.37. The maximum Gasteiger partial charge on any atom is 0.326 e. The minimum Gasteiger partial charge on any atom is -0.480 e. The van der Waals surface area contributed by atoms with E-state index in [0.29, 0.717) is 19.4 Å². The second kappa shape index (κ2) is 14.4. The number of aromatic amines is 1. The van der Waals surface area contributed by atoms with E-state index in [1.54, 1.807) is 6.20 Å². The molecule has 198 valence electrons. The van der Waals surface area contributed by atoms with Gasteiger partial charge in [0, 0.05) is 29.3 Å². The van der Waals surface area contributed by atoms with Gasteiger partial charge in [-0.1, -0.05) is 18.2 Å². The largest absolute Gasteiger partial charge is 0.480 e. The topological polar surface area (TPSA) is 213 Å². The number of aliphatic hydroxyl groups is 1. The van der Waals surface area contributed by atoms with Gasteiger partial charge in [0.15, 0.2) is 0 Å². The number of unbranched alkanes of at least 4 members (excludes halogenated alkanes) is 1. The van der Waals surface area contributed by atoms with Crippen molar-refractivity contribution < 1.29 is 29.4 Å². The van der Waals surface area contributed by atoms with Crippen LogP contribution in [0.5, 0.6) is 0 Å². The molecule has 0 spiro atoms. The first kappa shape index (κ1) is 29.1. The van der Waals surface area contributed by atoms with Gasteiger partial charge in [-0.25, -0.2) is 4.79 Å². The molecule has 0 aliphatic rings. The van der Waals surface area contributed by atoms with Crippen LogP contribution in [-0.4, -0.2) is 82.0 Å². The van der Waals surface area contributed by atoms with Crippen LogP contribution in [0.25, 0.3) is 10.9 Å². The van der Waals surface area contributed by atoms with Gasteiger partial charge in [0.1, 0.15) is 24.2 Å². The monoisotopic (exact) mass is 522 g/mol. The van der Waals surface area contributed by atoms with Crippen LogP contribution >= 0.6 is 12.6 Å². The minimum atomic E-state index is -1.24. The molecule has 0 aliphatic heterocycles. The normalized spacial score (nSPS) is 14.4. The predicted molar refractivity (Wildman–Crippen MR) is 137 cm³/mol. The van der Waals surface area contributed by atoms with Gasteiger partial charge < -0.3 is 42.6 Å². The lowest BCUT2D eigenvalue weighted by Gasteiger charge is -2.24. The van der Waals surface area contributed by atoms with Crippen LogP contribution in [0.4, 0.5) is 0 Å². The molecule has 3 amide bonds. The van der Waals surface area contributed by atoms with Crippen molar-refractivity contribution in [1.29, 1.82) is 0 Å². The van der Waals surface area contributed by atoms with Gasteiger partial charge in [-0.15, -0.1) is 0 Å². The van der Waals surface area contributed by atoms with E-state index in [-0.39, 0.29) is 18.6 Å². The average Bonchev–Trinajstić information content (AvgIpc) is 3.28. The molecule has 0 saturated carbocycles. The number of hydrogen-bond donors (Lipinski definition) is 9. The molecule has 4 unspecified atom stereocenters. The molecule has 12 nitrogen and oxygen atoms in total. The molecule has 36 heavy (non-hydrogen) atoms. The van der Waals surface area contributed by atoms with Crippen LogP contribution in [-0.2, 0) is 25.6 Å². The first-order chi connectivity index (χ1) is 17.2. The fourth-order valence-electron chi connectivity index (χ4n) is 3.58. The molecule has 2 aromatic rings. The fourth-order valence-corrected chi connectivity index (χ4v) is 3.84. The van der Waals surface area contributed by atoms with E-state index in [4.69, 9.17) is 16.6 Å². The zero-order valence-corrected chi connectivity index (χ0v) is 20.7. The number of nitrogens with one attached hydrogen (secondary N) is 4. The first-order valence-corrected chi connectivity index (χ1v) is 12.2. The lowest BCUT2D eigenvalue weighted by Crippen LogP contribution is -2.58. The second-order valence-corrected chi connectivity index (χ2v) is 8.71. The summed E-state index contributed by atoms with van der Waals surface area (Å²) < 4.78 is 0.